The number of benzene rings is 1. The molecule has 4 nitrogen and oxygen atoms in total. The van der Waals surface area contributed by atoms with Crippen LogP contribution in [-0.4, -0.2) is 24.7 Å². The normalized spacial score (nSPS) is 18.4. The number of rotatable bonds is 4. The van der Waals surface area contributed by atoms with Gasteiger partial charge in [-0.25, -0.2) is 13.4 Å². The number of thiazole rings is 1. The van der Waals surface area contributed by atoms with Crippen molar-refractivity contribution in [2.75, 3.05) is 0 Å². The summed E-state index contributed by atoms with van der Waals surface area (Å²) in [6.07, 6.45) is -3.08. The summed E-state index contributed by atoms with van der Waals surface area (Å²) in [6, 6.07) is 4.14. The summed E-state index contributed by atoms with van der Waals surface area (Å²) < 4.78 is 64.1. The van der Waals surface area contributed by atoms with Crippen LogP contribution in [0.1, 0.15) is 36.9 Å². The van der Waals surface area contributed by atoms with Crippen molar-refractivity contribution in [1.82, 2.24) is 4.98 Å². The molecule has 1 aromatic carbocycles. The zero-order valence-corrected chi connectivity index (χ0v) is 14.2. The third-order valence-corrected chi connectivity index (χ3v) is 7.22. The van der Waals surface area contributed by atoms with E-state index in [-0.39, 0.29) is 15.0 Å². The minimum absolute atomic E-state index is 0.115. The summed E-state index contributed by atoms with van der Waals surface area (Å²) in [5.74, 6) is 0.145. The molecule has 1 heterocycles. The van der Waals surface area contributed by atoms with Crippen LogP contribution in [-0.2, 0) is 15.4 Å². The predicted molar refractivity (Wildman–Crippen MR) is 81.6 cm³/mol. The molecule has 1 atom stereocenters. The van der Waals surface area contributed by atoms with Crippen molar-refractivity contribution in [3.63, 3.8) is 0 Å². The molecule has 0 radical (unpaired) electrons. The molecule has 1 aliphatic rings. The molecule has 130 valence electrons. The summed E-state index contributed by atoms with van der Waals surface area (Å²) >= 11 is 1.01. The van der Waals surface area contributed by atoms with E-state index < -0.39 is 27.2 Å². The first-order valence-electron chi connectivity index (χ1n) is 7.13. The second kappa shape index (κ2) is 5.53. The van der Waals surface area contributed by atoms with Gasteiger partial charge in [0.05, 0.1) is 16.1 Å². The van der Waals surface area contributed by atoms with Crippen molar-refractivity contribution in [1.29, 1.82) is 0 Å². The number of nitrogens with zero attached hydrogens (tertiary/aromatic N) is 1. The highest BCUT2D eigenvalue weighted by atomic mass is 32.2. The van der Waals surface area contributed by atoms with Gasteiger partial charge >= 0.3 is 6.18 Å². The zero-order chi connectivity index (χ0) is 17.8. The summed E-state index contributed by atoms with van der Waals surface area (Å²) in [5, 5.41) is 9.64. The molecule has 1 unspecified atom stereocenters. The van der Waals surface area contributed by atoms with Gasteiger partial charge in [0.1, 0.15) is 4.21 Å². The summed E-state index contributed by atoms with van der Waals surface area (Å²) in [7, 11) is -3.84. The molecular formula is C15H14F3NO3S2. The highest BCUT2D eigenvalue weighted by molar-refractivity contribution is 7.93. The highest BCUT2D eigenvalue weighted by Crippen LogP contribution is 2.44. The Morgan fingerprint density at radius 3 is 2.29 bits per heavy atom. The smallest absolute Gasteiger partial charge is 0.376 e. The molecule has 0 bridgehead atoms. The number of alkyl halides is 3. The van der Waals surface area contributed by atoms with E-state index in [9.17, 15) is 26.7 Å². The van der Waals surface area contributed by atoms with Crippen molar-refractivity contribution in [2.24, 2.45) is 0 Å². The topological polar surface area (TPSA) is 67.3 Å². The standard InChI is InChI=1S/C15H14F3NO3S2/c1-14(20,15(16,17)18)10-4-6-11(7-5-10)24(21,22)13-12(9-2-3-9)19-8-23-13/h4-9,20H,2-3H2,1H3. The average molecular weight is 377 g/mol. The Hall–Kier alpha value is -1.45. The van der Waals surface area contributed by atoms with E-state index in [1.807, 2.05) is 0 Å². The lowest BCUT2D eigenvalue weighted by atomic mass is 9.96. The molecule has 3 rings (SSSR count). The van der Waals surface area contributed by atoms with Gasteiger partial charge < -0.3 is 5.11 Å². The van der Waals surface area contributed by atoms with Gasteiger partial charge in [-0.3, -0.25) is 0 Å². The maximum Gasteiger partial charge on any atom is 0.421 e. The van der Waals surface area contributed by atoms with Crippen LogP contribution in [0, 0.1) is 0 Å². The van der Waals surface area contributed by atoms with Crippen LogP contribution in [0.25, 0.3) is 0 Å². The van der Waals surface area contributed by atoms with Crippen molar-refractivity contribution in [2.45, 2.75) is 46.6 Å². The Morgan fingerprint density at radius 2 is 1.79 bits per heavy atom. The van der Waals surface area contributed by atoms with Crippen LogP contribution < -0.4 is 0 Å². The zero-order valence-electron chi connectivity index (χ0n) is 12.5. The van der Waals surface area contributed by atoms with E-state index in [4.69, 9.17) is 0 Å². The van der Waals surface area contributed by atoms with Crippen molar-refractivity contribution >= 4 is 21.2 Å². The molecule has 0 saturated heterocycles. The fraction of sp³-hybridized carbons (Fsp3) is 0.400. The van der Waals surface area contributed by atoms with Crippen LogP contribution in [0.4, 0.5) is 13.2 Å². The lowest BCUT2D eigenvalue weighted by Crippen LogP contribution is -2.39. The maximum atomic E-state index is 12.9. The number of sulfone groups is 1. The highest BCUT2D eigenvalue weighted by Gasteiger charge is 2.51. The maximum absolute atomic E-state index is 12.9. The third-order valence-electron chi connectivity index (χ3n) is 4.05. The van der Waals surface area contributed by atoms with E-state index in [1.165, 1.54) is 5.51 Å². The van der Waals surface area contributed by atoms with Gasteiger partial charge in [0.25, 0.3) is 0 Å². The van der Waals surface area contributed by atoms with E-state index in [1.54, 1.807) is 0 Å². The van der Waals surface area contributed by atoms with E-state index >= 15 is 0 Å². The molecule has 1 fully saturated rings. The van der Waals surface area contributed by atoms with Crippen LogP contribution in [0.2, 0.25) is 0 Å². The van der Waals surface area contributed by atoms with Crippen LogP contribution in [0.15, 0.2) is 38.9 Å². The lowest BCUT2D eigenvalue weighted by Gasteiger charge is -2.26. The molecule has 1 N–H and O–H groups in total. The number of aromatic nitrogens is 1. The first kappa shape index (κ1) is 17.4. The molecule has 0 aliphatic heterocycles. The molecule has 1 aliphatic carbocycles. The molecular weight excluding hydrogens is 363 g/mol. The number of hydrogen-bond donors (Lipinski definition) is 1. The quantitative estimate of drug-likeness (QED) is 0.884. The van der Waals surface area contributed by atoms with Gasteiger partial charge in [-0.05, 0) is 37.5 Å². The number of hydrogen-bond acceptors (Lipinski definition) is 5. The minimum Gasteiger partial charge on any atom is -0.376 e. The van der Waals surface area contributed by atoms with Gasteiger partial charge in [0.15, 0.2) is 5.60 Å². The second-order valence-electron chi connectivity index (χ2n) is 5.90. The van der Waals surface area contributed by atoms with Crippen LogP contribution >= 0.6 is 11.3 Å². The van der Waals surface area contributed by atoms with Crippen molar-refractivity contribution in [3.8, 4) is 0 Å². The van der Waals surface area contributed by atoms with Crippen LogP contribution in [0.3, 0.4) is 0 Å². The second-order valence-corrected chi connectivity index (χ2v) is 8.90. The van der Waals surface area contributed by atoms with Gasteiger partial charge in [-0.2, -0.15) is 13.2 Å². The molecule has 0 amide bonds. The monoisotopic (exact) mass is 377 g/mol. The van der Waals surface area contributed by atoms with Gasteiger partial charge in [0, 0.05) is 5.92 Å². The Kier molecular flexibility index (Phi) is 4.01. The molecule has 1 saturated carbocycles. The van der Waals surface area contributed by atoms with Crippen LogP contribution in [0.5, 0.6) is 0 Å². The van der Waals surface area contributed by atoms with E-state index in [0.29, 0.717) is 12.6 Å². The predicted octanol–water partition coefficient (Wildman–Crippen LogP) is 3.62. The molecule has 1 aromatic heterocycles. The Bertz CT molecular complexity index is 851. The van der Waals surface area contributed by atoms with Gasteiger partial charge in [-0.15, -0.1) is 11.3 Å². The van der Waals surface area contributed by atoms with E-state index in [0.717, 1.165) is 48.4 Å². The Morgan fingerprint density at radius 1 is 1.21 bits per heavy atom. The molecule has 24 heavy (non-hydrogen) atoms. The SMILES string of the molecule is CC(O)(c1ccc(S(=O)(=O)c2scnc2C2CC2)cc1)C(F)(F)F. The first-order valence-corrected chi connectivity index (χ1v) is 9.49. The van der Waals surface area contributed by atoms with Gasteiger partial charge in [0.2, 0.25) is 9.84 Å². The molecule has 0 spiro atoms. The van der Waals surface area contributed by atoms with Crippen molar-refractivity contribution < 1.29 is 26.7 Å². The molecule has 2 aromatic rings. The number of halogens is 3. The molecule has 9 heteroatoms. The summed E-state index contributed by atoms with van der Waals surface area (Å²) in [6.45, 7) is 0.630. The number of aliphatic hydroxyl groups is 1. The Labute approximate surface area is 140 Å². The van der Waals surface area contributed by atoms with E-state index in [2.05, 4.69) is 4.98 Å². The Balaban J connectivity index is 1.97. The fourth-order valence-corrected chi connectivity index (χ4v) is 5.03. The fourth-order valence-electron chi connectivity index (χ4n) is 2.30. The third kappa shape index (κ3) is 2.84. The van der Waals surface area contributed by atoms with Gasteiger partial charge in [-0.1, -0.05) is 12.1 Å². The summed E-state index contributed by atoms with van der Waals surface area (Å²) in [4.78, 5) is 3.99. The average Bonchev–Trinajstić information content (AvgIpc) is 3.22. The first-order chi connectivity index (χ1) is 11.0. The lowest BCUT2D eigenvalue weighted by molar-refractivity contribution is -0.258. The minimum atomic E-state index is -4.86. The summed E-state index contributed by atoms with van der Waals surface area (Å²) in [5.41, 5.74) is -1.46. The van der Waals surface area contributed by atoms with Crippen molar-refractivity contribution in [3.05, 3.63) is 41.0 Å². The largest absolute Gasteiger partial charge is 0.421 e.